The van der Waals surface area contributed by atoms with Gasteiger partial charge in [-0.05, 0) is 38.1 Å². The number of fused-ring (bicyclic) bond motifs is 1. The van der Waals surface area contributed by atoms with Crippen LogP contribution in [0.25, 0.3) is 16.8 Å². The molecule has 0 aliphatic carbocycles. The summed E-state index contributed by atoms with van der Waals surface area (Å²) in [5.41, 5.74) is 5.99. The molecule has 118 valence electrons. The Hall–Kier alpha value is -3.21. The zero-order valence-electron chi connectivity index (χ0n) is 13.6. The van der Waals surface area contributed by atoms with E-state index >= 15 is 0 Å². The third-order valence-corrected chi connectivity index (χ3v) is 3.93. The summed E-state index contributed by atoms with van der Waals surface area (Å²) in [7, 11) is 0. The van der Waals surface area contributed by atoms with Crippen LogP contribution in [-0.2, 0) is 0 Å². The van der Waals surface area contributed by atoms with Crippen LogP contribution < -0.4 is 5.32 Å². The highest BCUT2D eigenvalue weighted by Crippen LogP contribution is 2.27. The summed E-state index contributed by atoms with van der Waals surface area (Å²) in [6, 6.07) is 14.2. The van der Waals surface area contributed by atoms with E-state index in [0.717, 1.165) is 28.2 Å². The van der Waals surface area contributed by atoms with Gasteiger partial charge in [0.05, 0.1) is 34.9 Å². The highest BCUT2D eigenvalue weighted by molar-refractivity contribution is 5.80. The first-order valence-electron chi connectivity index (χ1n) is 7.81. The van der Waals surface area contributed by atoms with Crippen molar-refractivity contribution in [1.29, 1.82) is 0 Å². The number of aryl methyl sites for hydroxylation is 2. The van der Waals surface area contributed by atoms with Crippen molar-refractivity contribution in [2.45, 2.75) is 13.8 Å². The standard InChI is InChI=1S/C19H17N5/c1-13-6-8-15(9-7-13)21-18-12-20-11-16(22-18)19-14(2)23-24-10-4-3-5-17(19)24/h3-12H,1-2H3,(H,21,22). The Kier molecular flexibility index (Phi) is 3.46. The van der Waals surface area contributed by atoms with E-state index in [1.807, 2.05) is 48.0 Å². The number of hydrogen-bond donors (Lipinski definition) is 1. The number of pyridine rings is 1. The molecule has 0 amide bonds. The molecule has 3 aromatic heterocycles. The van der Waals surface area contributed by atoms with Crippen molar-refractivity contribution in [2.75, 3.05) is 5.32 Å². The van der Waals surface area contributed by atoms with Gasteiger partial charge in [-0.1, -0.05) is 23.8 Å². The summed E-state index contributed by atoms with van der Waals surface area (Å²) >= 11 is 0. The molecule has 24 heavy (non-hydrogen) atoms. The molecule has 0 fully saturated rings. The highest BCUT2D eigenvalue weighted by Gasteiger charge is 2.13. The van der Waals surface area contributed by atoms with Gasteiger partial charge in [0, 0.05) is 11.9 Å². The highest BCUT2D eigenvalue weighted by atomic mass is 15.2. The van der Waals surface area contributed by atoms with Crippen LogP contribution in [0.15, 0.2) is 61.1 Å². The second-order valence-electron chi connectivity index (χ2n) is 5.77. The van der Waals surface area contributed by atoms with Gasteiger partial charge in [-0.25, -0.2) is 9.50 Å². The maximum atomic E-state index is 4.72. The van der Waals surface area contributed by atoms with E-state index in [1.54, 1.807) is 12.4 Å². The number of aromatic nitrogens is 4. The molecule has 0 atom stereocenters. The number of anilines is 2. The van der Waals surface area contributed by atoms with Gasteiger partial charge in [-0.2, -0.15) is 5.10 Å². The van der Waals surface area contributed by atoms with Crippen molar-refractivity contribution >= 4 is 17.0 Å². The minimum Gasteiger partial charge on any atom is -0.339 e. The lowest BCUT2D eigenvalue weighted by atomic mass is 10.1. The quantitative estimate of drug-likeness (QED) is 0.617. The van der Waals surface area contributed by atoms with Gasteiger partial charge in [0.15, 0.2) is 0 Å². The summed E-state index contributed by atoms with van der Waals surface area (Å²) in [5, 5.41) is 7.84. The number of rotatable bonds is 3. The van der Waals surface area contributed by atoms with E-state index in [4.69, 9.17) is 4.98 Å². The number of nitrogens with zero attached hydrogens (tertiary/aromatic N) is 4. The van der Waals surface area contributed by atoms with E-state index in [2.05, 4.69) is 34.5 Å². The van der Waals surface area contributed by atoms with E-state index in [0.29, 0.717) is 5.82 Å². The minimum atomic E-state index is 0.714. The molecule has 5 heteroatoms. The summed E-state index contributed by atoms with van der Waals surface area (Å²) in [6.07, 6.45) is 5.44. The normalized spacial score (nSPS) is 10.9. The van der Waals surface area contributed by atoms with Gasteiger partial charge in [-0.3, -0.25) is 4.98 Å². The van der Waals surface area contributed by atoms with Crippen LogP contribution in [0, 0.1) is 13.8 Å². The van der Waals surface area contributed by atoms with Crippen LogP contribution in [0.3, 0.4) is 0 Å². The molecule has 5 nitrogen and oxygen atoms in total. The molecular weight excluding hydrogens is 298 g/mol. The predicted octanol–water partition coefficient (Wildman–Crippen LogP) is 4.15. The zero-order chi connectivity index (χ0) is 16.5. The van der Waals surface area contributed by atoms with Crippen LogP contribution in [0.1, 0.15) is 11.3 Å². The third-order valence-electron chi connectivity index (χ3n) is 3.93. The largest absolute Gasteiger partial charge is 0.339 e. The fourth-order valence-electron chi connectivity index (χ4n) is 2.76. The first kappa shape index (κ1) is 14.4. The minimum absolute atomic E-state index is 0.714. The Labute approximate surface area is 140 Å². The second-order valence-corrected chi connectivity index (χ2v) is 5.77. The van der Waals surface area contributed by atoms with Gasteiger partial charge in [0.1, 0.15) is 5.82 Å². The van der Waals surface area contributed by atoms with Crippen LogP contribution in [-0.4, -0.2) is 19.6 Å². The van der Waals surface area contributed by atoms with Crippen molar-refractivity contribution in [2.24, 2.45) is 0 Å². The molecule has 1 aromatic carbocycles. The van der Waals surface area contributed by atoms with Crippen LogP contribution in [0.5, 0.6) is 0 Å². The number of hydrogen-bond acceptors (Lipinski definition) is 4. The predicted molar refractivity (Wildman–Crippen MR) is 95.4 cm³/mol. The molecule has 0 spiro atoms. The van der Waals surface area contributed by atoms with Crippen molar-refractivity contribution in [1.82, 2.24) is 19.6 Å². The van der Waals surface area contributed by atoms with Crippen LogP contribution in [0.2, 0.25) is 0 Å². The zero-order valence-corrected chi connectivity index (χ0v) is 13.6. The molecule has 0 radical (unpaired) electrons. The Morgan fingerprint density at radius 3 is 2.62 bits per heavy atom. The molecule has 3 heterocycles. The fourth-order valence-corrected chi connectivity index (χ4v) is 2.76. The van der Waals surface area contributed by atoms with Crippen molar-refractivity contribution < 1.29 is 0 Å². The van der Waals surface area contributed by atoms with Crippen molar-refractivity contribution in [3.05, 3.63) is 72.3 Å². The lowest BCUT2D eigenvalue weighted by molar-refractivity contribution is 0.934. The smallest absolute Gasteiger partial charge is 0.149 e. The van der Waals surface area contributed by atoms with Gasteiger partial charge >= 0.3 is 0 Å². The Balaban J connectivity index is 1.74. The monoisotopic (exact) mass is 315 g/mol. The molecule has 0 saturated carbocycles. The maximum absolute atomic E-state index is 4.72. The Morgan fingerprint density at radius 1 is 0.958 bits per heavy atom. The van der Waals surface area contributed by atoms with Gasteiger partial charge < -0.3 is 5.32 Å². The topological polar surface area (TPSA) is 55.1 Å². The summed E-state index contributed by atoms with van der Waals surface area (Å²) in [5.74, 6) is 0.714. The van der Waals surface area contributed by atoms with Gasteiger partial charge in [0.2, 0.25) is 0 Å². The van der Waals surface area contributed by atoms with Crippen molar-refractivity contribution in [3.63, 3.8) is 0 Å². The average Bonchev–Trinajstić information content (AvgIpc) is 2.93. The molecule has 0 aliphatic rings. The molecule has 0 aliphatic heterocycles. The summed E-state index contributed by atoms with van der Waals surface area (Å²) < 4.78 is 1.87. The van der Waals surface area contributed by atoms with Gasteiger partial charge in [0.25, 0.3) is 0 Å². The summed E-state index contributed by atoms with van der Waals surface area (Å²) in [4.78, 5) is 9.06. The van der Waals surface area contributed by atoms with E-state index < -0.39 is 0 Å². The molecule has 0 saturated heterocycles. The molecule has 0 bridgehead atoms. The number of nitrogens with one attached hydrogen (secondary N) is 1. The molecule has 0 unspecified atom stereocenters. The SMILES string of the molecule is Cc1ccc(Nc2cncc(-c3c(C)nn4ccccc34)n2)cc1. The van der Waals surface area contributed by atoms with E-state index in [1.165, 1.54) is 5.56 Å². The average molecular weight is 315 g/mol. The first-order chi connectivity index (χ1) is 11.7. The second kappa shape index (κ2) is 5.77. The third kappa shape index (κ3) is 2.60. The Bertz CT molecular complexity index is 1000. The fraction of sp³-hybridized carbons (Fsp3) is 0.105. The number of benzene rings is 1. The Morgan fingerprint density at radius 2 is 1.79 bits per heavy atom. The van der Waals surface area contributed by atoms with Crippen LogP contribution >= 0.6 is 0 Å². The molecule has 4 aromatic rings. The van der Waals surface area contributed by atoms with Gasteiger partial charge in [-0.15, -0.1) is 0 Å². The van der Waals surface area contributed by atoms with Crippen LogP contribution in [0.4, 0.5) is 11.5 Å². The maximum Gasteiger partial charge on any atom is 0.149 e. The van der Waals surface area contributed by atoms with E-state index in [-0.39, 0.29) is 0 Å². The molecule has 4 rings (SSSR count). The lowest BCUT2D eigenvalue weighted by Gasteiger charge is -2.07. The van der Waals surface area contributed by atoms with E-state index in [9.17, 15) is 0 Å². The van der Waals surface area contributed by atoms with Crippen molar-refractivity contribution in [3.8, 4) is 11.3 Å². The summed E-state index contributed by atoms with van der Waals surface area (Å²) in [6.45, 7) is 4.06. The molecule has 1 N–H and O–H groups in total. The molecular formula is C19H17N5. The lowest BCUT2D eigenvalue weighted by Crippen LogP contribution is -1.96. The first-order valence-corrected chi connectivity index (χ1v) is 7.81.